The van der Waals surface area contributed by atoms with Gasteiger partial charge in [0, 0.05) is 32.1 Å². The van der Waals surface area contributed by atoms with Crippen LogP contribution < -0.4 is 10.2 Å². The number of anilines is 2. The summed E-state index contributed by atoms with van der Waals surface area (Å²) in [7, 11) is 1.92. The summed E-state index contributed by atoms with van der Waals surface area (Å²) in [5, 5.41) is 3.19. The molecule has 0 atom stereocenters. The molecule has 0 radical (unpaired) electrons. The smallest absolute Gasteiger partial charge is 0.137 e. The van der Waals surface area contributed by atoms with E-state index in [4.69, 9.17) is 4.98 Å². The zero-order chi connectivity index (χ0) is 15.3. The molecule has 0 aromatic carbocycles. The first-order valence-electron chi connectivity index (χ1n) is 7.69. The van der Waals surface area contributed by atoms with Crippen LogP contribution in [0.1, 0.15) is 46.0 Å². The lowest BCUT2D eigenvalue weighted by molar-refractivity contribution is 0.547. The van der Waals surface area contributed by atoms with Crippen molar-refractivity contribution < 1.29 is 0 Å². The molecule has 0 spiro atoms. The van der Waals surface area contributed by atoms with Gasteiger partial charge in [-0.05, 0) is 18.8 Å². The first-order valence-corrected chi connectivity index (χ1v) is 7.69. The van der Waals surface area contributed by atoms with Crippen LogP contribution in [-0.2, 0) is 6.42 Å². The van der Waals surface area contributed by atoms with Gasteiger partial charge in [-0.1, -0.05) is 34.6 Å². The molecule has 114 valence electrons. The number of aryl methyl sites for hydroxylation is 1. The van der Waals surface area contributed by atoms with Crippen LogP contribution in [-0.4, -0.2) is 30.1 Å². The molecule has 0 bridgehead atoms. The van der Waals surface area contributed by atoms with E-state index in [1.165, 1.54) is 0 Å². The van der Waals surface area contributed by atoms with Crippen molar-refractivity contribution in [3.63, 3.8) is 0 Å². The van der Waals surface area contributed by atoms with E-state index in [0.29, 0.717) is 11.8 Å². The van der Waals surface area contributed by atoms with Crippen LogP contribution >= 0.6 is 0 Å². The van der Waals surface area contributed by atoms with E-state index in [9.17, 15) is 0 Å². The highest BCUT2D eigenvalue weighted by atomic mass is 15.2. The molecule has 0 aliphatic carbocycles. The molecule has 1 rings (SSSR count). The molecule has 0 unspecified atom stereocenters. The summed E-state index contributed by atoms with van der Waals surface area (Å²) in [5.74, 6) is 4.18. The second-order valence-electron chi connectivity index (χ2n) is 6.23. The van der Waals surface area contributed by atoms with Gasteiger partial charge in [0.05, 0.1) is 0 Å². The first kappa shape index (κ1) is 16.7. The van der Waals surface area contributed by atoms with Crippen molar-refractivity contribution in [1.82, 2.24) is 9.97 Å². The van der Waals surface area contributed by atoms with Gasteiger partial charge in [0.2, 0.25) is 0 Å². The largest absolute Gasteiger partial charge is 0.373 e. The minimum absolute atomic E-state index is 0.617. The number of hydrogen-bond donors (Lipinski definition) is 1. The van der Waals surface area contributed by atoms with Crippen molar-refractivity contribution in [3.05, 3.63) is 11.4 Å². The molecule has 1 aromatic heterocycles. The van der Waals surface area contributed by atoms with Crippen LogP contribution in [0.5, 0.6) is 0 Å². The van der Waals surface area contributed by atoms with Gasteiger partial charge >= 0.3 is 0 Å². The van der Waals surface area contributed by atoms with E-state index >= 15 is 0 Å². The van der Waals surface area contributed by atoms with Crippen molar-refractivity contribution in [2.75, 3.05) is 30.4 Å². The third-order valence-electron chi connectivity index (χ3n) is 3.19. The summed E-state index contributed by atoms with van der Waals surface area (Å²) >= 11 is 0. The summed E-state index contributed by atoms with van der Waals surface area (Å²) in [5.41, 5.74) is 1.14. The molecule has 1 heterocycles. The van der Waals surface area contributed by atoms with Gasteiger partial charge in [0.25, 0.3) is 0 Å². The van der Waals surface area contributed by atoms with Crippen molar-refractivity contribution in [3.8, 4) is 0 Å². The van der Waals surface area contributed by atoms with Crippen LogP contribution in [0.15, 0.2) is 0 Å². The lowest BCUT2D eigenvalue weighted by Crippen LogP contribution is -2.33. The van der Waals surface area contributed by atoms with Crippen LogP contribution in [0.3, 0.4) is 0 Å². The van der Waals surface area contributed by atoms with E-state index in [1.54, 1.807) is 0 Å². The Morgan fingerprint density at radius 3 is 2.00 bits per heavy atom. The fourth-order valence-electron chi connectivity index (χ4n) is 2.39. The molecule has 20 heavy (non-hydrogen) atoms. The Kier molecular flexibility index (Phi) is 6.24. The van der Waals surface area contributed by atoms with Crippen LogP contribution in [0.2, 0.25) is 0 Å². The second-order valence-corrected chi connectivity index (χ2v) is 6.23. The molecule has 0 aliphatic rings. The maximum absolute atomic E-state index is 4.78. The maximum Gasteiger partial charge on any atom is 0.137 e. The van der Waals surface area contributed by atoms with Gasteiger partial charge in [-0.3, -0.25) is 0 Å². The van der Waals surface area contributed by atoms with Gasteiger partial charge in [-0.15, -0.1) is 0 Å². The fraction of sp³-hybridized carbons (Fsp3) is 0.750. The number of rotatable bonds is 7. The van der Waals surface area contributed by atoms with Crippen LogP contribution in [0.4, 0.5) is 11.6 Å². The van der Waals surface area contributed by atoms with Gasteiger partial charge < -0.3 is 10.2 Å². The van der Waals surface area contributed by atoms with E-state index in [-0.39, 0.29) is 0 Å². The Morgan fingerprint density at radius 1 is 1.05 bits per heavy atom. The molecule has 0 saturated heterocycles. The third-order valence-corrected chi connectivity index (χ3v) is 3.19. The van der Waals surface area contributed by atoms with Gasteiger partial charge in [0.1, 0.15) is 17.5 Å². The Morgan fingerprint density at radius 2 is 1.60 bits per heavy atom. The van der Waals surface area contributed by atoms with Crippen molar-refractivity contribution in [2.24, 2.45) is 11.8 Å². The average Bonchev–Trinajstić information content (AvgIpc) is 2.37. The zero-order valence-electron chi connectivity index (χ0n) is 14.1. The lowest BCUT2D eigenvalue weighted by atomic mass is 10.1. The third kappa shape index (κ3) is 4.36. The summed E-state index contributed by atoms with van der Waals surface area (Å²) in [6, 6.07) is 0. The number of nitrogens with one attached hydrogen (secondary N) is 1. The van der Waals surface area contributed by atoms with Gasteiger partial charge in [0.15, 0.2) is 0 Å². The topological polar surface area (TPSA) is 41.1 Å². The van der Waals surface area contributed by atoms with E-state index < -0.39 is 0 Å². The van der Waals surface area contributed by atoms with E-state index in [2.05, 4.69) is 56.7 Å². The monoisotopic (exact) mass is 278 g/mol. The molecule has 0 amide bonds. The molecule has 0 fully saturated rings. The zero-order valence-corrected chi connectivity index (χ0v) is 14.1. The average molecular weight is 278 g/mol. The minimum Gasteiger partial charge on any atom is -0.373 e. The SMILES string of the molecule is CCc1nc(NC)c(C)c(N(CC(C)C)CC(C)C)n1. The highest BCUT2D eigenvalue weighted by molar-refractivity contribution is 5.58. The van der Waals surface area contributed by atoms with Crippen molar-refractivity contribution in [1.29, 1.82) is 0 Å². The molecule has 1 N–H and O–H groups in total. The number of hydrogen-bond acceptors (Lipinski definition) is 4. The lowest BCUT2D eigenvalue weighted by Gasteiger charge is -2.29. The van der Waals surface area contributed by atoms with Crippen molar-refractivity contribution in [2.45, 2.75) is 48.0 Å². The standard InChI is InChI=1S/C16H30N4/c1-8-14-18-15(17-7)13(6)16(19-14)20(9-11(2)3)10-12(4)5/h11-12H,8-10H2,1-7H3,(H,17,18,19). The quantitative estimate of drug-likeness (QED) is 0.828. The number of aromatic nitrogens is 2. The fourth-order valence-corrected chi connectivity index (χ4v) is 2.39. The molecular formula is C16H30N4. The highest BCUT2D eigenvalue weighted by Crippen LogP contribution is 2.25. The predicted octanol–water partition coefficient (Wildman–Crippen LogP) is 3.51. The Balaban J connectivity index is 3.22. The Labute approximate surface area is 124 Å². The highest BCUT2D eigenvalue weighted by Gasteiger charge is 2.17. The summed E-state index contributed by atoms with van der Waals surface area (Å²) < 4.78 is 0. The predicted molar refractivity (Wildman–Crippen MR) is 87.6 cm³/mol. The Bertz CT molecular complexity index is 417. The van der Waals surface area contributed by atoms with Crippen LogP contribution in [0, 0.1) is 18.8 Å². The summed E-state index contributed by atoms with van der Waals surface area (Å²) in [6.07, 6.45) is 0.860. The minimum atomic E-state index is 0.617. The van der Waals surface area contributed by atoms with Crippen molar-refractivity contribution >= 4 is 11.6 Å². The summed E-state index contributed by atoms with van der Waals surface area (Å²) in [4.78, 5) is 11.8. The molecule has 1 aromatic rings. The van der Waals surface area contributed by atoms with E-state index in [1.807, 2.05) is 7.05 Å². The maximum atomic E-state index is 4.78. The Hall–Kier alpha value is -1.32. The van der Waals surface area contributed by atoms with Gasteiger partial charge in [-0.2, -0.15) is 0 Å². The summed E-state index contributed by atoms with van der Waals surface area (Å²) in [6.45, 7) is 15.3. The van der Waals surface area contributed by atoms with Gasteiger partial charge in [-0.25, -0.2) is 9.97 Å². The first-order chi connectivity index (χ1) is 9.38. The molecule has 0 aliphatic heterocycles. The molecule has 4 heteroatoms. The number of nitrogens with zero attached hydrogens (tertiary/aromatic N) is 3. The molecule has 0 saturated carbocycles. The second kappa shape index (κ2) is 7.46. The molecular weight excluding hydrogens is 248 g/mol. The van der Waals surface area contributed by atoms with E-state index in [0.717, 1.165) is 42.5 Å². The molecule has 4 nitrogen and oxygen atoms in total. The van der Waals surface area contributed by atoms with Crippen LogP contribution in [0.25, 0.3) is 0 Å². The normalized spacial score (nSPS) is 11.2.